The first-order valence-corrected chi connectivity index (χ1v) is 10.6. The fourth-order valence-corrected chi connectivity index (χ4v) is 4.30. The number of anilines is 1. The summed E-state index contributed by atoms with van der Waals surface area (Å²) in [7, 11) is 1.81. The van der Waals surface area contributed by atoms with Gasteiger partial charge in [-0.3, -0.25) is 19.3 Å². The van der Waals surface area contributed by atoms with Gasteiger partial charge in [-0.25, -0.2) is 4.98 Å². The van der Waals surface area contributed by atoms with Gasteiger partial charge in [-0.2, -0.15) is 5.10 Å². The number of nitrogens with zero attached hydrogens (tertiary/aromatic N) is 5. The van der Waals surface area contributed by atoms with Crippen LogP contribution in [0.2, 0.25) is 0 Å². The molecule has 0 atom stereocenters. The molecule has 0 N–H and O–H groups in total. The Hall–Kier alpha value is -2.49. The molecule has 4 rings (SSSR count). The van der Waals surface area contributed by atoms with Crippen molar-refractivity contribution in [3.05, 3.63) is 36.2 Å². The molecule has 1 amide bonds. The van der Waals surface area contributed by atoms with Gasteiger partial charge in [0.15, 0.2) is 10.8 Å². The maximum Gasteiger partial charge on any atom is 0.280 e. The zero-order chi connectivity index (χ0) is 20.2. The van der Waals surface area contributed by atoms with Gasteiger partial charge in [-0.05, 0) is 31.2 Å². The first-order valence-electron chi connectivity index (χ1n) is 9.79. The summed E-state index contributed by atoms with van der Waals surface area (Å²) in [5.74, 6) is 0.675. The molecule has 1 aromatic carbocycles. The van der Waals surface area contributed by atoms with Gasteiger partial charge in [0.2, 0.25) is 0 Å². The van der Waals surface area contributed by atoms with Gasteiger partial charge in [0, 0.05) is 39.4 Å². The van der Waals surface area contributed by atoms with Gasteiger partial charge in [0.1, 0.15) is 5.75 Å². The molecule has 154 valence electrons. The largest absolute Gasteiger partial charge is 0.494 e. The van der Waals surface area contributed by atoms with Crippen LogP contribution in [0.3, 0.4) is 0 Å². The van der Waals surface area contributed by atoms with Crippen molar-refractivity contribution in [3.63, 3.8) is 0 Å². The molecule has 0 bridgehead atoms. The highest BCUT2D eigenvalue weighted by Crippen LogP contribution is 2.32. The number of hydrogen-bond donors (Lipinski definition) is 0. The molecule has 1 saturated heterocycles. The van der Waals surface area contributed by atoms with E-state index in [4.69, 9.17) is 14.5 Å². The standard InChI is InChI=1S/C20H25N5O3S/c1-3-28-15-4-5-16-18(14-15)29-20(21-16)25(9-8-24-10-12-27-13-11-24)19(26)17-6-7-23(2)22-17/h4-7,14H,3,8-13H2,1-2H3. The molecule has 29 heavy (non-hydrogen) atoms. The van der Waals surface area contributed by atoms with Crippen LogP contribution in [-0.4, -0.2) is 71.6 Å². The first-order chi connectivity index (χ1) is 14.1. The summed E-state index contributed by atoms with van der Waals surface area (Å²) < 4.78 is 13.7. The van der Waals surface area contributed by atoms with Crippen LogP contribution in [0.25, 0.3) is 10.2 Å². The first kappa shape index (κ1) is 19.8. The summed E-state index contributed by atoms with van der Waals surface area (Å²) in [6.45, 7) is 7.11. The summed E-state index contributed by atoms with van der Waals surface area (Å²) >= 11 is 1.50. The summed E-state index contributed by atoms with van der Waals surface area (Å²) in [4.78, 5) is 22.0. The molecule has 1 aliphatic rings. The van der Waals surface area contributed by atoms with E-state index in [2.05, 4.69) is 10.00 Å². The van der Waals surface area contributed by atoms with E-state index in [9.17, 15) is 4.79 Å². The Morgan fingerprint density at radius 1 is 1.31 bits per heavy atom. The lowest BCUT2D eigenvalue weighted by atomic mass is 10.3. The van der Waals surface area contributed by atoms with E-state index in [-0.39, 0.29) is 5.91 Å². The van der Waals surface area contributed by atoms with Crippen LogP contribution in [-0.2, 0) is 11.8 Å². The molecule has 1 fully saturated rings. The summed E-state index contributed by atoms with van der Waals surface area (Å²) in [6, 6.07) is 7.57. The Labute approximate surface area is 173 Å². The number of carbonyl (C=O) groups is 1. The van der Waals surface area contributed by atoms with E-state index in [0.717, 1.165) is 48.8 Å². The number of amides is 1. The third-order valence-electron chi connectivity index (χ3n) is 4.81. The maximum atomic E-state index is 13.2. The molecule has 2 aromatic heterocycles. The number of carbonyl (C=O) groups excluding carboxylic acids is 1. The fraction of sp³-hybridized carbons (Fsp3) is 0.450. The highest BCUT2D eigenvalue weighted by Gasteiger charge is 2.24. The number of rotatable bonds is 7. The number of aryl methyl sites for hydroxylation is 1. The van der Waals surface area contributed by atoms with Crippen molar-refractivity contribution < 1.29 is 14.3 Å². The second-order valence-electron chi connectivity index (χ2n) is 6.84. The molecule has 0 aliphatic carbocycles. The number of hydrogen-bond acceptors (Lipinski definition) is 7. The highest BCUT2D eigenvalue weighted by atomic mass is 32.1. The number of morpholine rings is 1. The summed E-state index contributed by atoms with van der Waals surface area (Å²) in [5, 5.41) is 4.97. The lowest BCUT2D eigenvalue weighted by Gasteiger charge is -2.29. The lowest BCUT2D eigenvalue weighted by Crippen LogP contribution is -2.43. The Bertz CT molecular complexity index is 980. The second kappa shape index (κ2) is 8.89. The Morgan fingerprint density at radius 3 is 2.86 bits per heavy atom. The van der Waals surface area contributed by atoms with E-state index in [1.807, 2.05) is 32.2 Å². The number of benzene rings is 1. The minimum Gasteiger partial charge on any atom is -0.494 e. The molecule has 1 aliphatic heterocycles. The van der Waals surface area contributed by atoms with E-state index in [1.54, 1.807) is 21.8 Å². The van der Waals surface area contributed by atoms with Gasteiger partial charge in [-0.1, -0.05) is 11.3 Å². The molecule has 3 heterocycles. The van der Waals surface area contributed by atoms with Gasteiger partial charge >= 0.3 is 0 Å². The third-order valence-corrected chi connectivity index (χ3v) is 5.85. The van der Waals surface area contributed by atoms with Crippen LogP contribution in [0.1, 0.15) is 17.4 Å². The van der Waals surface area contributed by atoms with Crippen molar-refractivity contribution in [3.8, 4) is 5.75 Å². The normalized spacial score (nSPS) is 15.0. The minimum absolute atomic E-state index is 0.136. The van der Waals surface area contributed by atoms with Crippen LogP contribution in [0.15, 0.2) is 30.5 Å². The number of thiazole rings is 1. The molecular formula is C20H25N5O3S. The van der Waals surface area contributed by atoms with Crippen LogP contribution in [0.4, 0.5) is 5.13 Å². The van der Waals surface area contributed by atoms with E-state index < -0.39 is 0 Å². The molecule has 9 heteroatoms. The van der Waals surface area contributed by atoms with E-state index >= 15 is 0 Å². The van der Waals surface area contributed by atoms with Crippen molar-refractivity contribution in [2.75, 3.05) is 50.9 Å². The smallest absolute Gasteiger partial charge is 0.280 e. The highest BCUT2D eigenvalue weighted by molar-refractivity contribution is 7.22. The molecule has 0 saturated carbocycles. The minimum atomic E-state index is -0.136. The van der Waals surface area contributed by atoms with E-state index in [0.29, 0.717) is 24.0 Å². The van der Waals surface area contributed by atoms with Crippen molar-refractivity contribution in [1.82, 2.24) is 19.7 Å². The molecule has 0 spiro atoms. The maximum absolute atomic E-state index is 13.2. The quantitative estimate of drug-likeness (QED) is 0.590. The second-order valence-corrected chi connectivity index (χ2v) is 7.85. The average Bonchev–Trinajstić information content (AvgIpc) is 3.35. The molecular weight excluding hydrogens is 390 g/mol. The zero-order valence-electron chi connectivity index (χ0n) is 16.7. The van der Waals surface area contributed by atoms with Gasteiger partial charge in [0.25, 0.3) is 5.91 Å². The number of fused-ring (bicyclic) bond motifs is 1. The van der Waals surface area contributed by atoms with Gasteiger partial charge in [-0.15, -0.1) is 0 Å². The van der Waals surface area contributed by atoms with Crippen LogP contribution in [0, 0.1) is 0 Å². The average molecular weight is 416 g/mol. The Morgan fingerprint density at radius 2 is 2.14 bits per heavy atom. The monoisotopic (exact) mass is 415 g/mol. The van der Waals surface area contributed by atoms with Crippen molar-refractivity contribution in [2.45, 2.75) is 6.92 Å². The molecule has 0 radical (unpaired) electrons. The topological polar surface area (TPSA) is 72.7 Å². The van der Waals surface area contributed by atoms with Crippen molar-refractivity contribution >= 4 is 32.6 Å². The Balaban J connectivity index is 1.61. The van der Waals surface area contributed by atoms with Crippen LogP contribution >= 0.6 is 11.3 Å². The number of aromatic nitrogens is 3. The fourth-order valence-electron chi connectivity index (χ4n) is 3.28. The van der Waals surface area contributed by atoms with Crippen LogP contribution in [0.5, 0.6) is 5.75 Å². The summed E-state index contributed by atoms with van der Waals surface area (Å²) in [5.41, 5.74) is 1.28. The van der Waals surface area contributed by atoms with Crippen LogP contribution < -0.4 is 9.64 Å². The zero-order valence-corrected chi connectivity index (χ0v) is 17.5. The molecule has 8 nitrogen and oxygen atoms in total. The third kappa shape index (κ3) is 4.58. The van der Waals surface area contributed by atoms with Crippen molar-refractivity contribution in [1.29, 1.82) is 0 Å². The number of ether oxygens (including phenoxy) is 2. The lowest BCUT2D eigenvalue weighted by molar-refractivity contribution is 0.0391. The van der Waals surface area contributed by atoms with Crippen molar-refractivity contribution in [2.24, 2.45) is 7.05 Å². The SMILES string of the molecule is CCOc1ccc2nc(N(CCN3CCOCC3)C(=O)c3ccn(C)n3)sc2c1. The Kier molecular flexibility index (Phi) is 6.08. The molecule has 3 aromatic rings. The summed E-state index contributed by atoms with van der Waals surface area (Å²) in [6.07, 6.45) is 1.78. The van der Waals surface area contributed by atoms with E-state index in [1.165, 1.54) is 11.3 Å². The van der Waals surface area contributed by atoms with Gasteiger partial charge < -0.3 is 9.47 Å². The molecule has 0 unspecified atom stereocenters. The van der Waals surface area contributed by atoms with Gasteiger partial charge in [0.05, 0.1) is 30.0 Å². The predicted octanol–water partition coefficient (Wildman–Crippen LogP) is 2.41. The predicted molar refractivity (Wildman–Crippen MR) is 113 cm³/mol.